The molecule has 2 saturated carbocycles. The first-order valence-corrected chi connectivity index (χ1v) is 6.67. The number of hydrogen-bond acceptors (Lipinski definition) is 1. The van der Waals surface area contributed by atoms with Gasteiger partial charge in [0.15, 0.2) is 0 Å². The van der Waals surface area contributed by atoms with E-state index in [9.17, 15) is 0 Å². The molecule has 2 N–H and O–H groups in total. The molecule has 16 heavy (non-hydrogen) atoms. The molecule has 2 heteroatoms. The summed E-state index contributed by atoms with van der Waals surface area (Å²) in [5.41, 5.74) is 6.96. The smallest absolute Gasteiger partial charge is 0.0968 e. The molecule has 0 atom stereocenters. The topological polar surface area (TPSA) is 38.4 Å². The minimum atomic E-state index is 0.437. The Labute approximate surface area is 99.7 Å². The van der Waals surface area contributed by atoms with Gasteiger partial charge in [-0.25, -0.2) is 0 Å². The molecule has 0 aromatic heterocycles. The van der Waals surface area contributed by atoms with Gasteiger partial charge in [-0.1, -0.05) is 40.5 Å². The van der Waals surface area contributed by atoms with Crippen molar-refractivity contribution in [1.82, 2.24) is 0 Å². The van der Waals surface area contributed by atoms with Gasteiger partial charge in [-0.2, -0.15) is 0 Å². The van der Waals surface area contributed by atoms with E-state index in [4.69, 9.17) is 5.73 Å². The Bertz CT molecular complexity index is 282. The van der Waals surface area contributed by atoms with Crippen molar-refractivity contribution in [3.63, 3.8) is 0 Å². The van der Waals surface area contributed by atoms with Crippen LogP contribution in [0.2, 0.25) is 0 Å². The van der Waals surface area contributed by atoms with E-state index in [1.165, 1.54) is 25.7 Å². The van der Waals surface area contributed by atoms with Gasteiger partial charge in [0.1, 0.15) is 0 Å². The minimum absolute atomic E-state index is 0.437. The van der Waals surface area contributed by atoms with Crippen LogP contribution in [0.4, 0.5) is 0 Å². The lowest BCUT2D eigenvalue weighted by Crippen LogP contribution is -2.22. The van der Waals surface area contributed by atoms with Gasteiger partial charge < -0.3 is 5.73 Å². The number of aliphatic imine (C=N–C) groups is 1. The van der Waals surface area contributed by atoms with Crippen molar-refractivity contribution < 1.29 is 0 Å². The van der Waals surface area contributed by atoms with Crippen LogP contribution >= 0.6 is 0 Å². The summed E-state index contributed by atoms with van der Waals surface area (Å²) in [5, 5.41) is 0. The number of nitrogens with two attached hydrogens (primary N) is 1. The Morgan fingerprint density at radius 1 is 1.12 bits per heavy atom. The fourth-order valence-electron chi connectivity index (χ4n) is 3.34. The molecule has 92 valence electrons. The van der Waals surface area contributed by atoms with E-state index >= 15 is 0 Å². The second-order valence-electron chi connectivity index (χ2n) is 6.74. The number of amidine groups is 1. The third-order valence-corrected chi connectivity index (χ3v) is 5.55. The second-order valence-corrected chi connectivity index (χ2v) is 6.74. The molecule has 0 aromatic rings. The molecule has 0 saturated heterocycles. The third kappa shape index (κ3) is 1.76. The summed E-state index contributed by atoms with van der Waals surface area (Å²) in [5.74, 6) is 2.22. The van der Waals surface area contributed by atoms with Crippen molar-refractivity contribution in [1.29, 1.82) is 0 Å². The SMILES string of the molecule is CC1(C)C(CN=C(N)C2CCCC2)C1(C)C. The molecule has 0 radical (unpaired) electrons. The summed E-state index contributed by atoms with van der Waals surface area (Å²) in [4.78, 5) is 4.65. The van der Waals surface area contributed by atoms with Crippen molar-refractivity contribution >= 4 is 5.84 Å². The lowest BCUT2D eigenvalue weighted by Gasteiger charge is -2.08. The average molecular weight is 222 g/mol. The summed E-state index contributed by atoms with van der Waals surface area (Å²) < 4.78 is 0. The van der Waals surface area contributed by atoms with E-state index in [0.29, 0.717) is 22.7 Å². The zero-order chi connectivity index (χ0) is 12.0. The zero-order valence-corrected chi connectivity index (χ0v) is 11.2. The first-order valence-electron chi connectivity index (χ1n) is 6.67. The third-order valence-electron chi connectivity index (χ3n) is 5.55. The second kappa shape index (κ2) is 3.75. The Kier molecular flexibility index (Phi) is 2.80. The standard InChI is InChI=1S/C14H26N2/c1-13(2)11(14(13,3)4)9-16-12(15)10-7-5-6-8-10/h10-11H,5-9H2,1-4H3,(H2,15,16). The predicted octanol–water partition coefficient (Wildman–Crippen LogP) is 3.22. The van der Waals surface area contributed by atoms with Gasteiger partial charge in [0.05, 0.1) is 5.84 Å². The van der Waals surface area contributed by atoms with E-state index in [2.05, 4.69) is 32.7 Å². The molecule has 2 aliphatic carbocycles. The van der Waals surface area contributed by atoms with Crippen LogP contribution in [0.15, 0.2) is 4.99 Å². The van der Waals surface area contributed by atoms with Crippen LogP contribution in [0, 0.1) is 22.7 Å². The molecular formula is C14H26N2. The van der Waals surface area contributed by atoms with Crippen molar-refractivity contribution in [3.8, 4) is 0 Å². The normalized spacial score (nSPS) is 29.6. The highest BCUT2D eigenvalue weighted by Gasteiger charge is 2.64. The Hall–Kier alpha value is -0.530. The molecule has 0 aliphatic heterocycles. The lowest BCUT2D eigenvalue weighted by atomic mass is 10.0. The lowest BCUT2D eigenvalue weighted by molar-refractivity contribution is 0.457. The summed E-state index contributed by atoms with van der Waals surface area (Å²) in [6, 6.07) is 0. The largest absolute Gasteiger partial charge is 0.387 e. The fourth-order valence-corrected chi connectivity index (χ4v) is 3.34. The Balaban J connectivity index is 1.90. The van der Waals surface area contributed by atoms with Gasteiger partial charge in [0.2, 0.25) is 0 Å². The molecule has 2 nitrogen and oxygen atoms in total. The van der Waals surface area contributed by atoms with Crippen LogP contribution in [-0.4, -0.2) is 12.4 Å². The van der Waals surface area contributed by atoms with Crippen LogP contribution in [0.25, 0.3) is 0 Å². The van der Waals surface area contributed by atoms with E-state index in [-0.39, 0.29) is 0 Å². The minimum Gasteiger partial charge on any atom is -0.387 e. The highest BCUT2D eigenvalue weighted by molar-refractivity contribution is 5.83. The number of rotatable bonds is 3. The van der Waals surface area contributed by atoms with E-state index in [1.54, 1.807) is 0 Å². The summed E-state index contributed by atoms with van der Waals surface area (Å²) >= 11 is 0. The molecule has 2 rings (SSSR count). The van der Waals surface area contributed by atoms with Crippen LogP contribution in [0.5, 0.6) is 0 Å². The van der Waals surface area contributed by atoms with Gasteiger partial charge in [0, 0.05) is 12.5 Å². The van der Waals surface area contributed by atoms with Crippen molar-refractivity contribution in [2.45, 2.75) is 53.4 Å². The average Bonchev–Trinajstić information content (AvgIpc) is 2.66. The highest BCUT2D eigenvalue weighted by Crippen LogP contribution is 2.68. The zero-order valence-electron chi connectivity index (χ0n) is 11.2. The maximum absolute atomic E-state index is 6.08. The van der Waals surface area contributed by atoms with Gasteiger partial charge in [-0.05, 0) is 29.6 Å². The quantitative estimate of drug-likeness (QED) is 0.578. The Morgan fingerprint density at radius 3 is 2.06 bits per heavy atom. The molecule has 0 amide bonds. The van der Waals surface area contributed by atoms with Gasteiger partial charge in [0.25, 0.3) is 0 Å². The molecule has 2 fully saturated rings. The van der Waals surface area contributed by atoms with Crippen LogP contribution < -0.4 is 5.73 Å². The van der Waals surface area contributed by atoms with Gasteiger partial charge in [-0.15, -0.1) is 0 Å². The maximum Gasteiger partial charge on any atom is 0.0968 e. The van der Waals surface area contributed by atoms with Crippen LogP contribution in [0.3, 0.4) is 0 Å². The molecule has 0 heterocycles. The molecule has 0 bridgehead atoms. The first kappa shape index (κ1) is 11.9. The van der Waals surface area contributed by atoms with E-state index < -0.39 is 0 Å². The molecular weight excluding hydrogens is 196 g/mol. The van der Waals surface area contributed by atoms with Crippen molar-refractivity contribution in [2.75, 3.05) is 6.54 Å². The van der Waals surface area contributed by atoms with E-state index in [1.807, 2.05) is 0 Å². The van der Waals surface area contributed by atoms with E-state index in [0.717, 1.165) is 12.4 Å². The predicted molar refractivity (Wildman–Crippen MR) is 69.5 cm³/mol. The van der Waals surface area contributed by atoms with Crippen LogP contribution in [0.1, 0.15) is 53.4 Å². The molecule has 2 aliphatic rings. The van der Waals surface area contributed by atoms with Crippen LogP contribution in [-0.2, 0) is 0 Å². The van der Waals surface area contributed by atoms with Gasteiger partial charge in [-0.3, -0.25) is 4.99 Å². The maximum atomic E-state index is 6.08. The Morgan fingerprint density at radius 2 is 1.62 bits per heavy atom. The van der Waals surface area contributed by atoms with Gasteiger partial charge >= 0.3 is 0 Å². The summed E-state index contributed by atoms with van der Waals surface area (Å²) in [7, 11) is 0. The number of nitrogens with zero attached hydrogens (tertiary/aromatic N) is 1. The molecule has 0 aromatic carbocycles. The monoisotopic (exact) mass is 222 g/mol. The molecule has 0 spiro atoms. The van der Waals surface area contributed by atoms with Crippen molar-refractivity contribution in [2.24, 2.45) is 33.4 Å². The summed E-state index contributed by atoms with van der Waals surface area (Å²) in [6.45, 7) is 10.3. The summed E-state index contributed by atoms with van der Waals surface area (Å²) in [6.07, 6.45) is 5.18. The first-order chi connectivity index (χ1) is 7.37. The number of hydrogen-bond donors (Lipinski definition) is 1. The fraction of sp³-hybridized carbons (Fsp3) is 0.929. The highest BCUT2D eigenvalue weighted by atomic mass is 14.9. The molecule has 0 unspecified atom stereocenters. The van der Waals surface area contributed by atoms with Crippen molar-refractivity contribution in [3.05, 3.63) is 0 Å².